The van der Waals surface area contributed by atoms with Gasteiger partial charge in [0.2, 0.25) is 0 Å². The fourth-order valence-corrected chi connectivity index (χ4v) is 14.4. The predicted octanol–water partition coefficient (Wildman–Crippen LogP) is 10.5. The Morgan fingerprint density at radius 1 is 0.810 bits per heavy atom. The lowest BCUT2D eigenvalue weighted by Crippen LogP contribution is -2.65. The number of aliphatic hydroxyl groups excluding tert-OH is 1. The summed E-state index contributed by atoms with van der Waals surface area (Å²) in [5.41, 5.74) is 4.36. The van der Waals surface area contributed by atoms with Gasteiger partial charge in [-0.3, -0.25) is 14.5 Å². The smallest absolute Gasteiger partial charge is 0.338 e. The Bertz CT molecular complexity index is 3430. The molecule has 1 saturated carbocycles. The van der Waals surface area contributed by atoms with E-state index in [0.717, 1.165) is 68.9 Å². The maximum atomic E-state index is 14.8. The summed E-state index contributed by atoms with van der Waals surface area (Å²) in [6, 6.07) is 41.6. The van der Waals surface area contributed by atoms with E-state index in [9.17, 15) is 34.7 Å². The number of aliphatic hydroxyl groups is 2. The van der Waals surface area contributed by atoms with Crippen molar-refractivity contribution in [3.8, 4) is 17.2 Å². The third-order valence-corrected chi connectivity index (χ3v) is 18.5. The lowest BCUT2D eigenvalue weighted by Gasteiger charge is -2.48. The molecular formula is C70H80N6O8. The lowest BCUT2D eigenvalue weighted by atomic mass is 9.59. The van der Waals surface area contributed by atoms with E-state index in [2.05, 4.69) is 101 Å². The van der Waals surface area contributed by atoms with Gasteiger partial charge in [0, 0.05) is 79.1 Å². The van der Waals surface area contributed by atoms with Crippen molar-refractivity contribution in [1.82, 2.24) is 20.1 Å². The second kappa shape index (κ2) is 26.1. The second-order valence-electron chi connectivity index (χ2n) is 24.2. The molecule has 5 aromatic carbocycles. The van der Waals surface area contributed by atoms with Gasteiger partial charge in [0.25, 0.3) is 5.91 Å². The Morgan fingerprint density at radius 3 is 2.17 bits per heavy atom. The zero-order valence-corrected chi connectivity index (χ0v) is 49.1. The number of carbonyl (C=O) groups excluding carboxylic acids is 4. The molecule has 438 valence electrons. The van der Waals surface area contributed by atoms with Gasteiger partial charge in [-0.15, -0.1) is 0 Å². The molecule has 3 fully saturated rings. The number of nitrogens with one attached hydrogen (secondary N) is 2. The zero-order chi connectivity index (χ0) is 59.1. The topological polar surface area (TPSA) is 189 Å². The molecule has 1 unspecified atom stereocenters. The normalized spacial score (nSPS) is 25.1. The minimum Gasteiger partial charge on any atom is -0.457 e. The van der Waals surface area contributed by atoms with E-state index in [1.807, 2.05) is 25.1 Å². The molecule has 6 aromatic rings. The van der Waals surface area contributed by atoms with Crippen molar-refractivity contribution in [2.45, 2.75) is 84.5 Å². The number of amides is 1. The number of H-pyrrole nitrogens is 1. The first-order chi connectivity index (χ1) is 40.6. The first-order valence-electron chi connectivity index (χ1n) is 30.1. The maximum absolute atomic E-state index is 14.8. The molecule has 2 bridgehead atoms. The number of aromatic amines is 1. The number of rotatable bonds is 16. The molecule has 8 atom stereocenters. The number of nitrogens with zero attached hydrogens (tertiary/aromatic N) is 4. The molecule has 2 aliphatic heterocycles. The van der Waals surface area contributed by atoms with Crippen LogP contribution in [-0.2, 0) is 20.7 Å². The maximum Gasteiger partial charge on any atom is 0.338 e. The second-order valence-corrected chi connectivity index (χ2v) is 24.2. The van der Waals surface area contributed by atoms with E-state index in [1.165, 1.54) is 42.4 Å². The third-order valence-electron chi connectivity index (χ3n) is 18.5. The van der Waals surface area contributed by atoms with Crippen LogP contribution in [0, 0.1) is 46.3 Å². The van der Waals surface area contributed by atoms with Crippen molar-refractivity contribution in [2.24, 2.45) is 35.0 Å². The number of nitriles is 1. The number of hydrogen-bond acceptors (Lipinski definition) is 12. The Balaban J connectivity index is 0.000000187. The largest absolute Gasteiger partial charge is 0.457 e. The van der Waals surface area contributed by atoms with Crippen LogP contribution in [0.15, 0.2) is 157 Å². The number of Topliss-reactive ketones (excluding diaryl/α,β-unsaturated/α-hetero) is 1. The zero-order valence-electron chi connectivity index (χ0n) is 49.1. The lowest BCUT2D eigenvalue weighted by molar-refractivity contribution is -0.190. The molecular weight excluding hydrogens is 1050 g/mol. The van der Waals surface area contributed by atoms with Crippen molar-refractivity contribution < 1.29 is 38.9 Å². The Hall–Kier alpha value is -7.67. The van der Waals surface area contributed by atoms with Crippen molar-refractivity contribution in [2.75, 3.05) is 70.4 Å². The molecule has 4 N–H and O–H groups in total. The third kappa shape index (κ3) is 12.2. The fraction of sp³-hybridized carbons (Fsp3) is 0.414. The van der Waals surface area contributed by atoms with Gasteiger partial charge in [-0.05, 0) is 159 Å². The number of aromatic nitrogens is 1. The van der Waals surface area contributed by atoms with Crippen LogP contribution in [0.4, 0.5) is 5.69 Å². The number of allylic oxidation sites excluding steroid dienone is 1. The number of carbonyl (C=O) groups is 4. The SMILES string of the molecule is CC1=CC23C(=O)[C@@H](C=C(COC(=O)c4ccccc4)[C@@H](O)[C@]2(O)[C@H]1OC(=O)c1ccccc1)[C@@H](C(C)C)[C@@H](C)C[C@@H]3C.N#Cc1cc(C(=O)NCCCN2CCCC2)cc(-c2ccccc2N2CCN(CCc3c[nH]c4ccccc34)CC2)c1. The average Bonchev–Trinajstić information content (AvgIpc) is 1.59. The van der Waals surface area contributed by atoms with E-state index >= 15 is 0 Å². The molecule has 14 heteroatoms. The first-order valence-corrected chi connectivity index (χ1v) is 30.1. The van der Waals surface area contributed by atoms with Crippen molar-refractivity contribution >= 4 is 40.2 Å². The van der Waals surface area contributed by atoms with Crippen LogP contribution in [0.3, 0.4) is 0 Å². The summed E-state index contributed by atoms with van der Waals surface area (Å²) in [5.74, 6) is -2.43. The highest BCUT2D eigenvalue weighted by Crippen LogP contribution is 2.61. The Kier molecular flexibility index (Phi) is 18.5. The molecule has 0 radical (unpaired) electrons. The standard InChI is InChI=1S/C35H40N6O.C35H40O7/c36-25-27-22-29(24-30(23-27)35(42)37-13-7-16-39-14-5-6-15-39)32-9-2-4-11-34(32)41-20-18-40(19-21-41)17-12-28-26-38-33-10-3-1-8-31(28)33;1-20(2)28-21(3)16-23(5)34-18-22(4)31(42-33(39)25-14-10-7-11-15-25)35(34,40)29(36)26(17-27(28)30(34)37)19-41-32(38)24-12-8-6-9-13-24/h1-4,8-11,22-24,26,38H,5-7,12-21H2,(H,37,42);6-15,17-18,20-21,23,27-29,31,36,40H,16,19H2,1-5H3/t;21-,23-,27-,28-,29+,31-,34?,35-/m.0/s1. The van der Waals surface area contributed by atoms with E-state index in [-0.39, 0.29) is 53.1 Å². The van der Waals surface area contributed by atoms with Gasteiger partial charge in [-0.1, -0.05) is 113 Å². The van der Waals surface area contributed by atoms with Gasteiger partial charge >= 0.3 is 11.9 Å². The molecule has 1 amide bonds. The van der Waals surface area contributed by atoms with Crippen LogP contribution in [0.1, 0.15) is 103 Å². The van der Waals surface area contributed by atoms with Gasteiger partial charge in [-0.2, -0.15) is 5.26 Å². The number of piperazine rings is 1. The minimum absolute atomic E-state index is 0.0756. The predicted molar refractivity (Wildman–Crippen MR) is 327 cm³/mol. The van der Waals surface area contributed by atoms with Crippen molar-refractivity contribution in [3.63, 3.8) is 0 Å². The number of esters is 2. The monoisotopic (exact) mass is 1130 g/mol. The van der Waals surface area contributed by atoms with Crippen molar-refractivity contribution in [3.05, 3.63) is 185 Å². The van der Waals surface area contributed by atoms with Crippen LogP contribution < -0.4 is 10.2 Å². The highest BCUT2D eigenvalue weighted by Gasteiger charge is 2.72. The number of fused-ring (bicyclic) bond motifs is 2. The van der Waals surface area contributed by atoms with Crippen molar-refractivity contribution in [1.29, 1.82) is 5.26 Å². The summed E-state index contributed by atoms with van der Waals surface area (Å²) in [5, 5.41) is 39.1. The first kappa shape index (κ1) is 59.5. The van der Waals surface area contributed by atoms with Gasteiger partial charge in [0.05, 0.1) is 28.2 Å². The Morgan fingerprint density at radius 2 is 1.46 bits per heavy atom. The van der Waals surface area contributed by atoms with Crippen LogP contribution >= 0.6 is 0 Å². The molecule has 1 spiro atoms. The molecule has 2 saturated heterocycles. The molecule has 3 heterocycles. The summed E-state index contributed by atoms with van der Waals surface area (Å²) < 4.78 is 11.6. The molecule has 11 rings (SSSR count). The van der Waals surface area contributed by atoms with Gasteiger partial charge in [0.15, 0.2) is 17.5 Å². The van der Waals surface area contributed by atoms with Gasteiger partial charge in [-0.25, -0.2) is 9.59 Å². The fourth-order valence-electron chi connectivity index (χ4n) is 14.4. The molecule has 14 nitrogen and oxygen atoms in total. The van der Waals surface area contributed by atoms with Crippen LogP contribution in [0.5, 0.6) is 0 Å². The molecule has 3 aliphatic carbocycles. The van der Waals surface area contributed by atoms with E-state index in [1.54, 1.807) is 85.8 Å². The van der Waals surface area contributed by atoms with E-state index in [0.29, 0.717) is 35.2 Å². The quantitative estimate of drug-likeness (QED) is 0.0409. The summed E-state index contributed by atoms with van der Waals surface area (Å²) in [7, 11) is 0. The number of ketones is 1. The molecule has 84 heavy (non-hydrogen) atoms. The average molecular weight is 1130 g/mol. The van der Waals surface area contributed by atoms with E-state index in [4.69, 9.17) is 9.47 Å². The van der Waals surface area contributed by atoms with Crippen LogP contribution in [-0.4, -0.2) is 132 Å². The highest BCUT2D eigenvalue weighted by molar-refractivity contribution is 5.97. The molecule has 5 aliphatic rings. The van der Waals surface area contributed by atoms with Crippen LogP contribution in [0.25, 0.3) is 22.0 Å². The number of anilines is 1. The number of ether oxygens (including phenoxy) is 2. The summed E-state index contributed by atoms with van der Waals surface area (Å²) >= 11 is 0. The van der Waals surface area contributed by atoms with Gasteiger partial charge < -0.3 is 39.8 Å². The van der Waals surface area contributed by atoms with Crippen LogP contribution in [0.2, 0.25) is 0 Å². The summed E-state index contributed by atoms with van der Waals surface area (Å²) in [6.07, 6.45) is 7.80. The highest BCUT2D eigenvalue weighted by atomic mass is 16.6. The number of para-hydroxylation sites is 2. The Labute approximate surface area is 494 Å². The number of hydrogen-bond donors (Lipinski definition) is 4. The number of likely N-dealkylation sites (tertiary alicyclic amines) is 1. The van der Waals surface area contributed by atoms with Gasteiger partial charge in [0.1, 0.15) is 12.7 Å². The summed E-state index contributed by atoms with van der Waals surface area (Å²) in [6.45, 7) is 18.5. The number of benzene rings is 5. The molecule has 1 aromatic heterocycles. The summed E-state index contributed by atoms with van der Waals surface area (Å²) in [4.78, 5) is 64.9. The minimum atomic E-state index is -2.22. The van der Waals surface area contributed by atoms with E-state index < -0.39 is 41.1 Å².